The van der Waals surface area contributed by atoms with E-state index in [-0.39, 0.29) is 11.9 Å². The minimum Gasteiger partial charge on any atom is -0.462 e. The average Bonchev–Trinajstić information content (AvgIpc) is 3.24. The van der Waals surface area contributed by atoms with Crippen LogP contribution in [0.3, 0.4) is 0 Å². The third-order valence-electron chi connectivity index (χ3n) is 3.10. The Kier molecular flexibility index (Phi) is 5.12. The number of hydrogen-bond acceptors (Lipinski definition) is 4. The molecule has 108 valence electrons. The third-order valence-corrected chi connectivity index (χ3v) is 3.10. The second-order valence-electron chi connectivity index (χ2n) is 4.92. The van der Waals surface area contributed by atoms with E-state index < -0.39 is 0 Å². The number of esters is 1. The molecule has 0 aromatic heterocycles. The van der Waals surface area contributed by atoms with Gasteiger partial charge < -0.3 is 15.4 Å². The number of benzene rings is 1. The summed E-state index contributed by atoms with van der Waals surface area (Å²) in [5, 5.41) is 5.91. The lowest BCUT2D eigenvalue weighted by atomic mass is 10.2. The van der Waals surface area contributed by atoms with Gasteiger partial charge in [-0.15, -0.1) is 0 Å². The summed E-state index contributed by atoms with van der Waals surface area (Å²) in [5.74, 6) is 0.331. The fourth-order valence-electron chi connectivity index (χ4n) is 1.82. The van der Waals surface area contributed by atoms with E-state index in [0.717, 1.165) is 12.5 Å². The number of carbonyl (C=O) groups is 2. The lowest BCUT2D eigenvalue weighted by Gasteiger charge is -2.07. The molecule has 1 aromatic carbocycles. The van der Waals surface area contributed by atoms with Crippen LogP contribution in [0.2, 0.25) is 0 Å². The number of anilines is 1. The van der Waals surface area contributed by atoms with E-state index >= 15 is 0 Å². The van der Waals surface area contributed by atoms with Crippen LogP contribution in [-0.4, -0.2) is 31.6 Å². The summed E-state index contributed by atoms with van der Waals surface area (Å²) in [7, 11) is 0. The predicted molar refractivity (Wildman–Crippen MR) is 76.6 cm³/mol. The lowest BCUT2D eigenvalue weighted by Crippen LogP contribution is -2.29. The molecule has 0 spiro atoms. The Hall–Kier alpha value is -1.88. The van der Waals surface area contributed by atoms with E-state index in [1.54, 1.807) is 31.2 Å². The van der Waals surface area contributed by atoms with Crippen LogP contribution in [0.4, 0.5) is 5.69 Å². The summed E-state index contributed by atoms with van der Waals surface area (Å²) < 4.78 is 4.89. The molecule has 0 atom stereocenters. The molecule has 0 unspecified atom stereocenters. The molecule has 0 saturated heterocycles. The van der Waals surface area contributed by atoms with Crippen LogP contribution in [-0.2, 0) is 9.53 Å². The van der Waals surface area contributed by atoms with Crippen LogP contribution in [0, 0.1) is 5.92 Å². The summed E-state index contributed by atoms with van der Waals surface area (Å²) in [6, 6.07) is 6.69. The van der Waals surface area contributed by atoms with Gasteiger partial charge in [-0.05, 0) is 56.5 Å². The highest BCUT2D eigenvalue weighted by molar-refractivity contribution is 5.93. The van der Waals surface area contributed by atoms with Crippen molar-refractivity contribution in [2.45, 2.75) is 19.8 Å². The van der Waals surface area contributed by atoms with Gasteiger partial charge in [0.05, 0.1) is 18.7 Å². The van der Waals surface area contributed by atoms with E-state index in [1.807, 2.05) is 0 Å². The first-order valence-electron chi connectivity index (χ1n) is 6.96. The van der Waals surface area contributed by atoms with E-state index in [1.165, 1.54) is 12.8 Å². The molecule has 1 amide bonds. The topological polar surface area (TPSA) is 67.4 Å². The van der Waals surface area contributed by atoms with Crippen LogP contribution in [0.1, 0.15) is 30.1 Å². The Balaban J connectivity index is 1.76. The van der Waals surface area contributed by atoms with Crippen molar-refractivity contribution in [3.8, 4) is 0 Å². The zero-order valence-corrected chi connectivity index (χ0v) is 11.6. The van der Waals surface area contributed by atoms with Gasteiger partial charge in [-0.3, -0.25) is 4.79 Å². The Morgan fingerprint density at radius 1 is 1.25 bits per heavy atom. The molecule has 1 aromatic rings. The highest BCUT2D eigenvalue weighted by Crippen LogP contribution is 2.27. The third kappa shape index (κ3) is 4.66. The summed E-state index contributed by atoms with van der Waals surface area (Å²) in [6.07, 6.45) is 2.54. The van der Waals surface area contributed by atoms with Crippen LogP contribution >= 0.6 is 0 Å². The first-order chi connectivity index (χ1) is 9.69. The quantitative estimate of drug-likeness (QED) is 0.745. The number of nitrogens with one attached hydrogen (secondary N) is 2. The Bertz CT molecular complexity index is 467. The van der Waals surface area contributed by atoms with Crippen molar-refractivity contribution in [3.63, 3.8) is 0 Å². The minimum absolute atomic E-state index is 0.0745. The van der Waals surface area contributed by atoms with E-state index in [4.69, 9.17) is 4.74 Å². The lowest BCUT2D eigenvalue weighted by molar-refractivity contribution is -0.115. The molecular formula is C15H20N2O3. The summed E-state index contributed by atoms with van der Waals surface area (Å²) >= 11 is 0. The molecular weight excluding hydrogens is 256 g/mol. The van der Waals surface area contributed by atoms with Crippen molar-refractivity contribution in [2.24, 2.45) is 5.92 Å². The number of carbonyl (C=O) groups excluding carboxylic acids is 2. The molecule has 0 bridgehead atoms. The highest BCUT2D eigenvalue weighted by atomic mass is 16.5. The van der Waals surface area contributed by atoms with Gasteiger partial charge in [0.15, 0.2) is 0 Å². The van der Waals surface area contributed by atoms with Crippen molar-refractivity contribution in [3.05, 3.63) is 29.8 Å². The molecule has 1 fully saturated rings. The van der Waals surface area contributed by atoms with Gasteiger partial charge >= 0.3 is 5.97 Å². The van der Waals surface area contributed by atoms with Crippen molar-refractivity contribution in [1.82, 2.24) is 5.32 Å². The molecule has 0 heterocycles. The zero-order valence-electron chi connectivity index (χ0n) is 11.6. The van der Waals surface area contributed by atoms with E-state index in [2.05, 4.69) is 10.6 Å². The van der Waals surface area contributed by atoms with Gasteiger partial charge in [0.25, 0.3) is 0 Å². The van der Waals surface area contributed by atoms with Crippen molar-refractivity contribution >= 4 is 17.6 Å². The molecule has 20 heavy (non-hydrogen) atoms. The molecule has 1 aliphatic carbocycles. The SMILES string of the molecule is CCOC(=O)c1ccc(NC(=O)CNCC2CC2)cc1. The first kappa shape index (κ1) is 14.5. The summed E-state index contributed by atoms with van der Waals surface area (Å²) in [6.45, 7) is 3.34. The van der Waals surface area contributed by atoms with Gasteiger partial charge in [-0.2, -0.15) is 0 Å². The number of ether oxygens (including phenoxy) is 1. The standard InChI is InChI=1S/C15H20N2O3/c1-2-20-15(19)12-5-7-13(8-6-12)17-14(18)10-16-9-11-3-4-11/h5-8,11,16H,2-4,9-10H2,1H3,(H,17,18). The fraction of sp³-hybridized carbons (Fsp3) is 0.467. The summed E-state index contributed by atoms with van der Waals surface area (Å²) in [4.78, 5) is 23.1. The van der Waals surface area contributed by atoms with Gasteiger partial charge in [0.2, 0.25) is 5.91 Å². The highest BCUT2D eigenvalue weighted by Gasteiger charge is 2.20. The maximum absolute atomic E-state index is 11.7. The molecule has 2 rings (SSSR count). The van der Waals surface area contributed by atoms with Gasteiger partial charge in [0.1, 0.15) is 0 Å². The molecule has 1 saturated carbocycles. The largest absolute Gasteiger partial charge is 0.462 e. The van der Waals surface area contributed by atoms with Crippen molar-refractivity contribution in [1.29, 1.82) is 0 Å². The minimum atomic E-state index is -0.350. The van der Waals surface area contributed by atoms with E-state index in [0.29, 0.717) is 24.4 Å². The van der Waals surface area contributed by atoms with Crippen LogP contribution in [0.5, 0.6) is 0 Å². The van der Waals surface area contributed by atoms with Crippen LogP contribution in [0.25, 0.3) is 0 Å². The molecule has 0 radical (unpaired) electrons. The van der Waals surface area contributed by atoms with Gasteiger partial charge in [-0.25, -0.2) is 4.79 Å². The Labute approximate surface area is 118 Å². The summed E-state index contributed by atoms with van der Waals surface area (Å²) in [5.41, 5.74) is 1.16. The second-order valence-corrected chi connectivity index (χ2v) is 4.92. The Morgan fingerprint density at radius 3 is 2.55 bits per heavy atom. The second kappa shape index (κ2) is 7.05. The maximum atomic E-state index is 11.7. The molecule has 2 N–H and O–H groups in total. The fourth-order valence-corrected chi connectivity index (χ4v) is 1.82. The predicted octanol–water partition coefficient (Wildman–Crippen LogP) is 1.80. The molecule has 1 aliphatic rings. The Morgan fingerprint density at radius 2 is 1.95 bits per heavy atom. The number of hydrogen-bond donors (Lipinski definition) is 2. The molecule has 5 nitrogen and oxygen atoms in total. The van der Waals surface area contributed by atoms with Gasteiger partial charge in [-0.1, -0.05) is 0 Å². The first-order valence-corrected chi connectivity index (χ1v) is 6.96. The van der Waals surface area contributed by atoms with Crippen molar-refractivity contribution in [2.75, 3.05) is 25.0 Å². The molecule has 0 aliphatic heterocycles. The molecule has 5 heteroatoms. The number of rotatable bonds is 7. The average molecular weight is 276 g/mol. The van der Waals surface area contributed by atoms with E-state index in [9.17, 15) is 9.59 Å². The monoisotopic (exact) mass is 276 g/mol. The van der Waals surface area contributed by atoms with Gasteiger partial charge in [0, 0.05) is 5.69 Å². The maximum Gasteiger partial charge on any atom is 0.338 e. The van der Waals surface area contributed by atoms with Crippen LogP contribution in [0.15, 0.2) is 24.3 Å². The smallest absolute Gasteiger partial charge is 0.338 e. The number of amides is 1. The zero-order chi connectivity index (χ0) is 14.4. The van der Waals surface area contributed by atoms with Crippen molar-refractivity contribution < 1.29 is 14.3 Å². The van der Waals surface area contributed by atoms with Crippen LogP contribution < -0.4 is 10.6 Å². The normalized spacial score (nSPS) is 13.8.